The van der Waals surface area contributed by atoms with Crippen molar-refractivity contribution in [1.29, 1.82) is 0 Å². The standard InChI is InChI=1S/C13H18ClNO3/c1-10(4-3-7-16)15-13(17)9-18-12-6-2-5-11(14)8-12/h2,5-6,8,10,16H,3-4,7,9H2,1H3,(H,15,17). The summed E-state index contributed by atoms with van der Waals surface area (Å²) in [5, 5.41) is 12.0. The highest BCUT2D eigenvalue weighted by Crippen LogP contribution is 2.16. The van der Waals surface area contributed by atoms with Crippen LogP contribution in [0.3, 0.4) is 0 Å². The number of rotatable bonds is 7. The lowest BCUT2D eigenvalue weighted by Crippen LogP contribution is -2.36. The van der Waals surface area contributed by atoms with Crippen LogP contribution in [0.4, 0.5) is 0 Å². The van der Waals surface area contributed by atoms with Crippen LogP contribution in [0.5, 0.6) is 5.75 Å². The monoisotopic (exact) mass is 271 g/mol. The number of hydrogen-bond acceptors (Lipinski definition) is 3. The second-order valence-electron chi connectivity index (χ2n) is 4.08. The van der Waals surface area contributed by atoms with Crippen LogP contribution in [0.25, 0.3) is 0 Å². The van der Waals surface area contributed by atoms with Crippen LogP contribution in [0.2, 0.25) is 5.02 Å². The SMILES string of the molecule is CC(CCCO)NC(=O)COc1cccc(Cl)c1. The summed E-state index contributed by atoms with van der Waals surface area (Å²) in [7, 11) is 0. The molecule has 0 spiro atoms. The molecule has 0 aliphatic rings. The van der Waals surface area contributed by atoms with E-state index in [4.69, 9.17) is 21.4 Å². The van der Waals surface area contributed by atoms with Crippen molar-refractivity contribution in [3.63, 3.8) is 0 Å². The molecule has 0 saturated heterocycles. The second-order valence-corrected chi connectivity index (χ2v) is 4.52. The van der Waals surface area contributed by atoms with Gasteiger partial charge in [-0.05, 0) is 38.0 Å². The minimum atomic E-state index is -0.180. The van der Waals surface area contributed by atoms with Gasteiger partial charge in [0.1, 0.15) is 5.75 Å². The van der Waals surface area contributed by atoms with E-state index in [9.17, 15) is 4.79 Å². The van der Waals surface area contributed by atoms with Gasteiger partial charge in [0.25, 0.3) is 5.91 Å². The maximum absolute atomic E-state index is 11.5. The van der Waals surface area contributed by atoms with Gasteiger partial charge in [0.2, 0.25) is 0 Å². The van der Waals surface area contributed by atoms with Crippen LogP contribution in [-0.2, 0) is 4.79 Å². The molecule has 0 aromatic heterocycles. The summed E-state index contributed by atoms with van der Waals surface area (Å²) in [5.41, 5.74) is 0. The highest BCUT2D eigenvalue weighted by atomic mass is 35.5. The molecule has 18 heavy (non-hydrogen) atoms. The van der Waals surface area contributed by atoms with Gasteiger partial charge in [-0.1, -0.05) is 17.7 Å². The third kappa shape index (κ3) is 5.89. The number of nitrogens with one attached hydrogen (secondary N) is 1. The van der Waals surface area contributed by atoms with Gasteiger partial charge in [-0.3, -0.25) is 4.79 Å². The van der Waals surface area contributed by atoms with Crippen LogP contribution < -0.4 is 10.1 Å². The van der Waals surface area contributed by atoms with E-state index in [1.165, 1.54) is 0 Å². The molecule has 0 saturated carbocycles. The number of ether oxygens (including phenoxy) is 1. The molecular formula is C13H18ClNO3. The molecule has 1 unspecified atom stereocenters. The molecule has 1 aromatic rings. The van der Waals surface area contributed by atoms with E-state index < -0.39 is 0 Å². The zero-order chi connectivity index (χ0) is 13.4. The Morgan fingerprint density at radius 2 is 2.33 bits per heavy atom. The number of halogens is 1. The van der Waals surface area contributed by atoms with E-state index in [1.54, 1.807) is 24.3 Å². The van der Waals surface area contributed by atoms with Gasteiger partial charge in [0.05, 0.1) is 0 Å². The van der Waals surface area contributed by atoms with E-state index in [0.29, 0.717) is 17.2 Å². The Balaban J connectivity index is 2.28. The molecule has 0 heterocycles. The van der Waals surface area contributed by atoms with Gasteiger partial charge in [-0.15, -0.1) is 0 Å². The number of amides is 1. The Bertz CT molecular complexity index is 384. The van der Waals surface area contributed by atoms with Crippen molar-refractivity contribution < 1.29 is 14.6 Å². The van der Waals surface area contributed by atoms with Crippen molar-refractivity contribution in [2.75, 3.05) is 13.2 Å². The van der Waals surface area contributed by atoms with E-state index in [0.717, 1.165) is 6.42 Å². The Morgan fingerprint density at radius 3 is 3.00 bits per heavy atom. The van der Waals surface area contributed by atoms with Crippen LogP contribution in [-0.4, -0.2) is 30.3 Å². The van der Waals surface area contributed by atoms with Gasteiger partial charge in [-0.2, -0.15) is 0 Å². The van der Waals surface area contributed by atoms with Gasteiger partial charge in [0, 0.05) is 17.7 Å². The molecule has 1 rings (SSSR count). The number of aliphatic hydroxyl groups excluding tert-OH is 1. The Kier molecular flexibility index (Phi) is 6.54. The zero-order valence-electron chi connectivity index (χ0n) is 10.4. The number of carbonyl (C=O) groups is 1. The van der Waals surface area contributed by atoms with Gasteiger partial charge in [-0.25, -0.2) is 0 Å². The third-order valence-corrected chi connectivity index (χ3v) is 2.60. The molecule has 1 aromatic carbocycles. The largest absolute Gasteiger partial charge is 0.484 e. The zero-order valence-corrected chi connectivity index (χ0v) is 11.1. The molecule has 0 aliphatic carbocycles. The number of carbonyl (C=O) groups excluding carboxylic acids is 1. The summed E-state index contributed by atoms with van der Waals surface area (Å²) in [4.78, 5) is 11.5. The normalized spacial score (nSPS) is 11.9. The van der Waals surface area contributed by atoms with Crippen molar-refractivity contribution >= 4 is 17.5 Å². The molecule has 1 atom stereocenters. The molecule has 5 heteroatoms. The number of hydrogen-bond donors (Lipinski definition) is 2. The average molecular weight is 272 g/mol. The summed E-state index contributed by atoms with van der Waals surface area (Å²) >= 11 is 5.80. The highest BCUT2D eigenvalue weighted by Gasteiger charge is 2.07. The molecule has 0 radical (unpaired) electrons. The molecule has 0 aliphatic heterocycles. The topological polar surface area (TPSA) is 58.6 Å². The third-order valence-electron chi connectivity index (χ3n) is 2.37. The second kappa shape index (κ2) is 7.95. The quantitative estimate of drug-likeness (QED) is 0.797. The van der Waals surface area contributed by atoms with E-state index in [-0.39, 0.29) is 25.2 Å². The first-order chi connectivity index (χ1) is 8.61. The molecule has 2 N–H and O–H groups in total. The van der Waals surface area contributed by atoms with E-state index >= 15 is 0 Å². The highest BCUT2D eigenvalue weighted by molar-refractivity contribution is 6.30. The average Bonchev–Trinajstić information content (AvgIpc) is 2.34. The molecule has 100 valence electrons. The molecular weight excluding hydrogens is 254 g/mol. The van der Waals surface area contributed by atoms with Crippen molar-refractivity contribution in [3.8, 4) is 5.75 Å². The minimum Gasteiger partial charge on any atom is -0.484 e. The van der Waals surface area contributed by atoms with Crippen molar-refractivity contribution in [2.24, 2.45) is 0 Å². The van der Waals surface area contributed by atoms with Crippen LogP contribution in [0.15, 0.2) is 24.3 Å². The number of aliphatic hydroxyl groups is 1. The molecule has 4 nitrogen and oxygen atoms in total. The minimum absolute atomic E-state index is 0.0348. The number of benzene rings is 1. The fourth-order valence-corrected chi connectivity index (χ4v) is 1.67. The van der Waals surface area contributed by atoms with Crippen LogP contribution in [0, 0.1) is 0 Å². The molecule has 1 amide bonds. The Hall–Kier alpha value is -1.26. The van der Waals surface area contributed by atoms with Gasteiger partial charge < -0.3 is 15.2 Å². The molecule has 0 bridgehead atoms. The van der Waals surface area contributed by atoms with E-state index in [1.807, 2.05) is 6.92 Å². The van der Waals surface area contributed by atoms with Crippen molar-refractivity contribution in [3.05, 3.63) is 29.3 Å². The summed E-state index contributed by atoms with van der Waals surface area (Å²) in [5.74, 6) is 0.390. The maximum Gasteiger partial charge on any atom is 0.258 e. The Morgan fingerprint density at radius 1 is 1.56 bits per heavy atom. The predicted molar refractivity (Wildman–Crippen MR) is 70.9 cm³/mol. The summed E-state index contributed by atoms with van der Waals surface area (Å²) in [6.45, 7) is 2.00. The fourth-order valence-electron chi connectivity index (χ4n) is 1.49. The van der Waals surface area contributed by atoms with Crippen molar-refractivity contribution in [2.45, 2.75) is 25.8 Å². The summed E-state index contributed by atoms with van der Waals surface area (Å²) < 4.78 is 5.31. The first-order valence-corrected chi connectivity index (χ1v) is 6.28. The smallest absolute Gasteiger partial charge is 0.258 e. The molecule has 0 fully saturated rings. The van der Waals surface area contributed by atoms with Gasteiger partial charge in [0.15, 0.2) is 6.61 Å². The first-order valence-electron chi connectivity index (χ1n) is 5.90. The van der Waals surface area contributed by atoms with Gasteiger partial charge >= 0.3 is 0 Å². The van der Waals surface area contributed by atoms with Crippen molar-refractivity contribution in [1.82, 2.24) is 5.32 Å². The lowest BCUT2D eigenvalue weighted by atomic mass is 10.2. The first kappa shape index (κ1) is 14.8. The van der Waals surface area contributed by atoms with Crippen LogP contribution in [0.1, 0.15) is 19.8 Å². The predicted octanol–water partition coefficient (Wildman–Crippen LogP) is 2.00. The lowest BCUT2D eigenvalue weighted by molar-refractivity contribution is -0.123. The fraction of sp³-hybridized carbons (Fsp3) is 0.462. The maximum atomic E-state index is 11.5. The lowest BCUT2D eigenvalue weighted by Gasteiger charge is -2.13. The Labute approximate surface area is 112 Å². The van der Waals surface area contributed by atoms with Crippen LogP contribution >= 0.6 is 11.6 Å². The summed E-state index contributed by atoms with van der Waals surface area (Å²) in [6.07, 6.45) is 1.43. The van der Waals surface area contributed by atoms with E-state index in [2.05, 4.69) is 5.32 Å². The summed E-state index contributed by atoms with van der Waals surface area (Å²) in [6, 6.07) is 6.94.